The van der Waals surface area contributed by atoms with Gasteiger partial charge in [-0.3, -0.25) is 15.0 Å². The fraction of sp³-hybridized carbons (Fsp3) is 0.394. The number of methoxy groups -OCH3 is 1. The number of benzene rings is 2. The lowest BCUT2D eigenvalue weighted by atomic mass is 9.88. The van der Waals surface area contributed by atoms with E-state index < -0.39 is 23.6 Å². The molecular weight excluding hydrogens is 654 g/mol. The summed E-state index contributed by atoms with van der Waals surface area (Å²) in [5.74, 6) is -0.997. The van der Waals surface area contributed by atoms with E-state index in [1.165, 1.54) is 6.07 Å². The second-order valence-electron chi connectivity index (χ2n) is 12.2. The van der Waals surface area contributed by atoms with Gasteiger partial charge in [0, 0.05) is 24.6 Å². The molecule has 0 radical (unpaired) electrons. The van der Waals surface area contributed by atoms with Gasteiger partial charge in [0.1, 0.15) is 17.3 Å². The molecule has 1 N–H and O–H groups in total. The number of aromatic amines is 1. The first-order chi connectivity index (χ1) is 22.9. The van der Waals surface area contributed by atoms with Crippen molar-refractivity contribution in [2.75, 3.05) is 20.2 Å². The zero-order valence-corrected chi connectivity index (χ0v) is 27.1. The Morgan fingerprint density at radius 1 is 1.12 bits per heavy atom. The first-order valence-corrected chi connectivity index (χ1v) is 15.9. The molecule has 2 aliphatic heterocycles. The fourth-order valence-electron chi connectivity index (χ4n) is 6.39. The highest BCUT2D eigenvalue weighted by atomic mass is 35.5. The summed E-state index contributed by atoms with van der Waals surface area (Å²) in [5.41, 5.74) is 2.77. The van der Waals surface area contributed by atoms with Crippen LogP contribution in [-0.4, -0.2) is 60.9 Å². The number of rotatable bonds is 8. The maximum absolute atomic E-state index is 14.9. The summed E-state index contributed by atoms with van der Waals surface area (Å²) in [6.07, 6.45) is -1.49. The molecule has 252 valence electrons. The molecule has 15 heteroatoms. The van der Waals surface area contributed by atoms with Crippen molar-refractivity contribution in [3.63, 3.8) is 0 Å². The summed E-state index contributed by atoms with van der Waals surface area (Å²) in [6.45, 7) is 6.27. The van der Waals surface area contributed by atoms with Gasteiger partial charge in [0.15, 0.2) is 17.3 Å². The summed E-state index contributed by atoms with van der Waals surface area (Å²) in [5, 5.41) is 5.93. The Kier molecular flexibility index (Phi) is 8.28. The molecule has 2 aromatic carbocycles. The Morgan fingerprint density at radius 3 is 2.62 bits per heavy atom. The van der Waals surface area contributed by atoms with Crippen molar-refractivity contribution in [1.29, 1.82) is 0 Å². The third-order valence-corrected chi connectivity index (χ3v) is 9.20. The van der Waals surface area contributed by atoms with Crippen LogP contribution in [0.15, 0.2) is 48.7 Å². The number of aromatic nitrogens is 6. The molecule has 5 heterocycles. The molecule has 7 rings (SSSR count). The van der Waals surface area contributed by atoms with E-state index in [1.807, 2.05) is 34.8 Å². The molecule has 0 spiro atoms. The van der Waals surface area contributed by atoms with E-state index in [1.54, 1.807) is 38.4 Å². The van der Waals surface area contributed by atoms with E-state index in [2.05, 4.69) is 20.0 Å². The lowest BCUT2D eigenvalue weighted by Gasteiger charge is -2.32. The van der Waals surface area contributed by atoms with Crippen LogP contribution in [0, 0.1) is 5.82 Å². The summed E-state index contributed by atoms with van der Waals surface area (Å²) >= 11 is 5.97. The number of imidazole rings is 1. The summed E-state index contributed by atoms with van der Waals surface area (Å²) < 4.78 is 74.2. The minimum absolute atomic E-state index is 0.122. The number of halogens is 5. The molecule has 5 aromatic rings. The number of ether oxygens (including phenoxy) is 3. The van der Waals surface area contributed by atoms with Crippen LogP contribution in [-0.2, 0) is 29.8 Å². The Hall–Kier alpha value is -4.27. The molecule has 1 saturated heterocycles. The number of H-pyrrole nitrogens is 1. The second kappa shape index (κ2) is 12.3. The van der Waals surface area contributed by atoms with Crippen molar-refractivity contribution in [2.24, 2.45) is 0 Å². The maximum atomic E-state index is 14.9. The molecule has 1 fully saturated rings. The summed E-state index contributed by atoms with van der Waals surface area (Å²) in [4.78, 5) is 15.1. The molecule has 0 bridgehead atoms. The Labute approximate surface area is 278 Å². The monoisotopic (exact) mass is 685 g/mol. The predicted octanol–water partition coefficient (Wildman–Crippen LogP) is 7.09. The van der Waals surface area contributed by atoms with Gasteiger partial charge in [0.2, 0.25) is 5.82 Å². The normalized spacial score (nSPS) is 19.3. The van der Waals surface area contributed by atoms with Crippen molar-refractivity contribution in [3.8, 4) is 23.0 Å². The molecule has 2 unspecified atom stereocenters. The topological polar surface area (TPSA) is 103 Å². The zero-order chi connectivity index (χ0) is 33.8. The number of fused-ring (bicyclic) bond motifs is 2. The number of nitrogens with one attached hydrogen (secondary N) is 1. The van der Waals surface area contributed by atoms with Crippen molar-refractivity contribution in [2.45, 2.75) is 63.8 Å². The average Bonchev–Trinajstić information content (AvgIpc) is 3.77. The van der Waals surface area contributed by atoms with E-state index in [9.17, 15) is 17.6 Å². The number of nitrogens with zero attached hydrogens (tertiary/aromatic N) is 6. The highest BCUT2D eigenvalue weighted by Crippen LogP contribution is 2.50. The van der Waals surface area contributed by atoms with Crippen molar-refractivity contribution in [3.05, 3.63) is 82.3 Å². The highest BCUT2D eigenvalue weighted by Gasteiger charge is 2.43. The largest absolute Gasteiger partial charge is 0.451 e. The average molecular weight is 686 g/mol. The molecule has 2 aliphatic rings. The van der Waals surface area contributed by atoms with Crippen molar-refractivity contribution >= 4 is 22.6 Å². The predicted molar refractivity (Wildman–Crippen MR) is 168 cm³/mol. The molecule has 0 amide bonds. The molecule has 0 saturated carbocycles. The highest BCUT2D eigenvalue weighted by molar-refractivity contribution is 6.30. The number of pyridine rings is 1. The lowest BCUT2D eigenvalue weighted by Crippen LogP contribution is -2.34. The Balaban J connectivity index is 1.09. The van der Waals surface area contributed by atoms with E-state index in [0.29, 0.717) is 35.1 Å². The zero-order valence-electron chi connectivity index (χ0n) is 26.3. The minimum Gasteiger partial charge on any atom is -0.444 e. The lowest BCUT2D eigenvalue weighted by molar-refractivity contribution is -0.144. The van der Waals surface area contributed by atoms with E-state index in [0.717, 1.165) is 42.8 Å². The molecule has 2 atom stereocenters. The molecule has 0 aliphatic carbocycles. The van der Waals surface area contributed by atoms with Gasteiger partial charge < -0.3 is 18.8 Å². The van der Waals surface area contributed by atoms with Crippen LogP contribution in [0.25, 0.3) is 22.6 Å². The number of hydrogen-bond acceptors (Lipinski definition) is 8. The smallest absolute Gasteiger partial charge is 0.444 e. The molecule has 48 heavy (non-hydrogen) atoms. The van der Waals surface area contributed by atoms with Crippen molar-refractivity contribution < 1.29 is 31.8 Å². The molecule has 3 aromatic heterocycles. The second-order valence-corrected chi connectivity index (χ2v) is 12.7. The van der Waals surface area contributed by atoms with Crippen molar-refractivity contribution in [1.82, 2.24) is 34.6 Å². The van der Waals surface area contributed by atoms with Crippen LogP contribution in [0.3, 0.4) is 0 Å². The van der Waals surface area contributed by atoms with Crippen LogP contribution in [0.5, 0.6) is 11.5 Å². The number of likely N-dealkylation sites (tertiary alicyclic amines) is 1. The Morgan fingerprint density at radius 2 is 1.92 bits per heavy atom. The minimum atomic E-state index is -4.65. The quantitative estimate of drug-likeness (QED) is 0.173. The standard InChI is InChI=1S/C33H32ClF4N7O3/c1-18(46-3)16-45-26-15-39-25(30-41-31(43-42-30)33(36,37)38)14-24(26)40-28(45)17-44-11-9-19(10-12-44)21-5-4-6-27-29(21)48-32(2,47-27)22-8-7-20(34)13-23(22)35/h4-8,13-15,18-19H,9-12,16-17H2,1-3H3,(H,41,42,43). The van der Waals surface area contributed by atoms with Gasteiger partial charge in [0.25, 0.3) is 5.79 Å². The number of para-hydroxylation sites is 1. The van der Waals surface area contributed by atoms with Gasteiger partial charge in [-0.25, -0.2) is 14.4 Å². The van der Waals surface area contributed by atoms with E-state index in [4.69, 9.17) is 30.8 Å². The van der Waals surface area contributed by atoms with Gasteiger partial charge in [-0.15, -0.1) is 0 Å². The first kappa shape index (κ1) is 32.3. The summed E-state index contributed by atoms with van der Waals surface area (Å²) in [6, 6.07) is 11.8. The van der Waals surface area contributed by atoms with Crippen LogP contribution in [0.4, 0.5) is 17.6 Å². The number of piperidine rings is 1. The van der Waals surface area contributed by atoms with Crippen LogP contribution >= 0.6 is 11.6 Å². The van der Waals surface area contributed by atoms with E-state index in [-0.39, 0.29) is 29.1 Å². The van der Waals surface area contributed by atoms with Gasteiger partial charge in [-0.05, 0) is 69.1 Å². The third kappa shape index (κ3) is 6.08. The van der Waals surface area contributed by atoms with Gasteiger partial charge in [-0.1, -0.05) is 23.7 Å². The van der Waals surface area contributed by atoms with Gasteiger partial charge in [-0.2, -0.15) is 18.3 Å². The van der Waals surface area contributed by atoms with Gasteiger partial charge in [0.05, 0.1) is 42.0 Å². The maximum Gasteiger partial charge on any atom is 0.451 e. The van der Waals surface area contributed by atoms with Crippen LogP contribution in [0.1, 0.15) is 55.4 Å². The fourth-order valence-corrected chi connectivity index (χ4v) is 6.55. The van der Waals surface area contributed by atoms with Gasteiger partial charge >= 0.3 is 6.18 Å². The summed E-state index contributed by atoms with van der Waals surface area (Å²) in [7, 11) is 1.63. The molecular formula is C33H32ClF4N7O3. The van der Waals surface area contributed by atoms with E-state index >= 15 is 0 Å². The van der Waals surface area contributed by atoms with Crippen LogP contribution in [0.2, 0.25) is 5.02 Å². The number of hydrogen-bond donors (Lipinski definition) is 1. The first-order valence-electron chi connectivity index (χ1n) is 15.5. The SMILES string of the molecule is COC(C)Cn1c(CN2CCC(c3cccc4c3OC(C)(c3ccc(Cl)cc3F)O4)CC2)nc2cc(-c3n[nH]c(C(F)(F)F)n3)ncc21. The molecule has 10 nitrogen and oxygen atoms in total. The third-order valence-electron chi connectivity index (χ3n) is 8.96. The number of alkyl halides is 3. The van der Waals surface area contributed by atoms with Crippen LogP contribution < -0.4 is 9.47 Å². The Bertz CT molecular complexity index is 1970.